The van der Waals surface area contributed by atoms with Gasteiger partial charge in [-0.25, -0.2) is 0 Å². The van der Waals surface area contributed by atoms with Gasteiger partial charge in [-0.3, -0.25) is 0 Å². The van der Waals surface area contributed by atoms with E-state index in [0.29, 0.717) is 0 Å². The normalized spacial score (nSPS) is 11.6. The van der Waals surface area contributed by atoms with Crippen molar-refractivity contribution in [2.24, 2.45) is 0 Å². The lowest BCUT2D eigenvalue weighted by molar-refractivity contribution is 1.18. The highest BCUT2D eigenvalue weighted by Crippen LogP contribution is 2.47. The van der Waals surface area contributed by atoms with Crippen LogP contribution in [0.15, 0.2) is 267 Å². The molecule has 4 aromatic heterocycles. The molecule has 14 rings (SSSR count). The van der Waals surface area contributed by atoms with Gasteiger partial charge in [0.2, 0.25) is 0 Å². The van der Waals surface area contributed by atoms with Gasteiger partial charge in [-0.1, -0.05) is 194 Å². The molecular weight excluding hydrogens is 909 g/mol. The Morgan fingerprint density at radius 3 is 0.875 bits per heavy atom. The van der Waals surface area contributed by atoms with Crippen molar-refractivity contribution in [3.63, 3.8) is 0 Å². The third-order valence-electron chi connectivity index (χ3n) is 14.3. The van der Waals surface area contributed by atoms with E-state index in [1.54, 1.807) is 0 Å². The number of hydrogen-bond donors (Lipinski definition) is 0. The third kappa shape index (κ3) is 7.23. The van der Waals surface area contributed by atoms with Crippen LogP contribution in [0.3, 0.4) is 0 Å². The number of aromatic nitrogens is 2. The van der Waals surface area contributed by atoms with Gasteiger partial charge in [0, 0.05) is 63.6 Å². The lowest BCUT2D eigenvalue weighted by atomic mass is 10.0. The molecule has 0 aliphatic rings. The monoisotopic (exact) mass is 952 g/mol. The van der Waals surface area contributed by atoms with Crippen molar-refractivity contribution in [3.05, 3.63) is 267 Å². The Kier molecular flexibility index (Phi) is 10.3. The average molecular weight is 953 g/mol. The van der Waals surface area contributed by atoms with E-state index in [-0.39, 0.29) is 0 Å². The summed E-state index contributed by atoms with van der Waals surface area (Å²) in [5, 5.41) is 5.08. The Morgan fingerprint density at radius 2 is 0.500 bits per heavy atom. The van der Waals surface area contributed by atoms with E-state index in [1.165, 1.54) is 119 Å². The molecule has 338 valence electrons. The number of benzene rings is 10. The van der Waals surface area contributed by atoms with Gasteiger partial charge >= 0.3 is 0 Å². The van der Waals surface area contributed by atoms with E-state index in [9.17, 15) is 0 Å². The number of nitrogens with zero attached hydrogens (tertiary/aromatic N) is 2. The topological polar surface area (TPSA) is 9.86 Å². The predicted molar refractivity (Wildman–Crippen MR) is 309 cm³/mol. The fourth-order valence-electron chi connectivity index (χ4n) is 10.8. The predicted octanol–water partition coefficient (Wildman–Crippen LogP) is 19.7. The molecule has 0 aliphatic carbocycles. The smallest absolute Gasteiger partial charge is 0.0547 e. The van der Waals surface area contributed by atoms with Gasteiger partial charge in [-0.05, 0) is 117 Å². The molecule has 0 unspecified atom stereocenters. The molecule has 14 aromatic rings. The minimum Gasteiger partial charge on any atom is -0.309 e. The summed E-state index contributed by atoms with van der Waals surface area (Å²) in [5.74, 6) is 0. The first-order chi connectivity index (χ1) is 35.7. The SMILES string of the molecule is c1ccc(-c2ccc(-c3ccc(-n4c5ccccc5c5c(-c6ccc(-c7ccc(-c8cccc9c8c8ccccc8n9-c8ccc(-c9ccc(-c%10ccccc%10)cc9)cc8)s7)s6)cccc54)cc3)cc2)cc1. The van der Waals surface area contributed by atoms with Gasteiger partial charge in [0.05, 0.1) is 22.1 Å². The first-order valence-electron chi connectivity index (χ1n) is 24.5. The zero-order valence-corrected chi connectivity index (χ0v) is 40.7. The van der Waals surface area contributed by atoms with E-state index in [0.717, 1.165) is 11.4 Å². The van der Waals surface area contributed by atoms with Crippen molar-refractivity contribution in [1.29, 1.82) is 0 Å². The zero-order chi connectivity index (χ0) is 47.5. The second kappa shape index (κ2) is 17.6. The molecule has 72 heavy (non-hydrogen) atoms. The van der Waals surface area contributed by atoms with Crippen LogP contribution in [-0.2, 0) is 0 Å². The summed E-state index contributed by atoms with van der Waals surface area (Å²) < 4.78 is 4.85. The maximum atomic E-state index is 2.43. The Bertz CT molecular complexity index is 3990. The van der Waals surface area contributed by atoms with Crippen LogP contribution in [0.25, 0.3) is 130 Å². The molecule has 0 aliphatic heterocycles. The highest BCUT2D eigenvalue weighted by atomic mass is 32.1. The van der Waals surface area contributed by atoms with Gasteiger partial charge in [-0.2, -0.15) is 0 Å². The van der Waals surface area contributed by atoms with Crippen molar-refractivity contribution < 1.29 is 0 Å². The Hall–Kier alpha value is -8.80. The minimum absolute atomic E-state index is 1.15. The molecule has 0 fully saturated rings. The highest BCUT2D eigenvalue weighted by Gasteiger charge is 2.20. The molecule has 0 amide bonds. The van der Waals surface area contributed by atoms with E-state index < -0.39 is 0 Å². The molecule has 0 N–H and O–H groups in total. The van der Waals surface area contributed by atoms with Crippen LogP contribution >= 0.6 is 22.7 Å². The van der Waals surface area contributed by atoms with E-state index >= 15 is 0 Å². The van der Waals surface area contributed by atoms with Crippen LogP contribution in [0, 0.1) is 0 Å². The number of thiophene rings is 2. The van der Waals surface area contributed by atoms with Gasteiger partial charge < -0.3 is 9.13 Å². The van der Waals surface area contributed by atoms with Crippen molar-refractivity contribution in [1.82, 2.24) is 9.13 Å². The van der Waals surface area contributed by atoms with Crippen LogP contribution in [0.4, 0.5) is 0 Å². The summed E-state index contributed by atoms with van der Waals surface area (Å²) in [4.78, 5) is 5.09. The first-order valence-corrected chi connectivity index (χ1v) is 26.1. The highest BCUT2D eigenvalue weighted by molar-refractivity contribution is 7.25. The second-order valence-electron chi connectivity index (χ2n) is 18.4. The van der Waals surface area contributed by atoms with Gasteiger partial charge in [0.1, 0.15) is 0 Å². The summed E-state index contributed by atoms with van der Waals surface area (Å²) in [5.41, 5.74) is 19.4. The molecule has 0 radical (unpaired) electrons. The molecule has 0 saturated carbocycles. The fraction of sp³-hybridized carbons (Fsp3) is 0. The molecule has 0 saturated heterocycles. The lowest BCUT2D eigenvalue weighted by Crippen LogP contribution is -1.93. The number of hydrogen-bond acceptors (Lipinski definition) is 2. The van der Waals surface area contributed by atoms with E-state index in [4.69, 9.17) is 0 Å². The van der Waals surface area contributed by atoms with Crippen molar-refractivity contribution >= 4 is 66.3 Å². The van der Waals surface area contributed by atoms with E-state index in [1.807, 2.05) is 22.7 Å². The molecular formula is C68H44N2S2. The third-order valence-corrected chi connectivity index (χ3v) is 16.7. The fourth-order valence-corrected chi connectivity index (χ4v) is 13.0. The molecule has 4 heterocycles. The Morgan fingerprint density at radius 1 is 0.208 bits per heavy atom. The van der Waals surface area contributed by atoms with Gasteiger partial charge in [-0.15, -0.1) is 22.7 Å². The Balaban J connectivity index is 0.774. The minimum atomic E-state index is 1.15. The largest absolute Gasteiger partial charge is 0.309 e. The van der Waals surface area contributed by atoms with Gasteiger partial charge in [0.15, 0.2) is 0 Å². The van der Waals surface area contributed by atoms with Crippen molar-refractivity contribution in [3.8, 4) is 86.5 Å². The van der Waals surface area contributed by atoms with Crippen LogP contribution in [0.5, 0.6) is 0 Å². The average Bonchev–Trinajstić information content (AvgIpc) is 4.28. The molecule has 10 aromatic carbocycles. The Labute approximate surface area is 426 Å². The van der Waals surface area contributed by atoms with Crippen molar-refractivity contribution in [2.75, 3.05) is 0 Å². The van der Waals surface area contributed by atoms with E-state index in [2.05, 4.69) is 276 Å². The summed E-state index contributed by atoms with van der Waals surface area (Å²) in [6.45, 7) is 0. The molecule has 0 spiro atoms. The maximum absolute atomic E-state index is 2.43. The van der Waals surface area contributed by atoms with Gasteiger partial charge in [0.25, 0.3) is 0 Å². The summed E-state index contributed by atoms with van der Waals surface area (Å²) in [6, 6.07) is 97.5. The number of fused-ring (bicyclic) bond motifs is 6. The molecule has 0 bridgehead atoms. The first kappa shape index (κ1) is 42.1. The zero-order valence-electron chi connectivity index (χ0n) is 39.1. The second-order valence-corrected chi connectivity index (χ2v) is 20.6. The number of rotatable bonds is 9. The van der Waals surface area contributed by atoms with Crippen LogP contribution in [-0.4, -0.2) is 9.13 Å². The quantitative estimate of drug-likeness (QED) is 0.136. The molecule has 0 atom stereocenters. The van der Waals surface area contributed by atoms with Crippen LogP contribution in [0.2, 0.25) is 0 Å². The molecule has 2 nitrogen and oxygen atoms in total. The standard InChI is InChI=1S/C68H44N2S2/c1-3-13-45(14-4-1)47-25-29-49(30-26-47)51-33-37-53(38-34-51)69-59-21-9-7-17-55(59)67-57(19-11-23-61(67)69)63-41-43-65(71-63)66-44-42-64(72-66)58-20-12-24-62-68(58)56-18-8-10-22-60(56)70(62)54-39-35-52(36-40-54)50-31-27-48(28-32-50)46-15-5-2-6-16-46/h1-44H. The number of para-hydroxylation sites is 2. The maximum Gasteiger partial charge on any atom is 0.0547 e. The summed E-state index contributed by atoms with van der Waals surface area (Å²) in [6.07, 6.45) is 0. The lowest BCUT2D eigenvalue weighted by Gasteiger charge is -2.10. The van der Waals surface area contributed by atoms with Crippen LogP contribution < -0.4 is 0 Å². The summed E-state index contributed by atoms with van der Waals surface area (Å²) in [7, 11) is 0. The van der Waals surface area contributed by atoms with Crippen molar-refractivity contribution in [2.45, 2.75) is 0 Å². The van der Waals surface area contributed by atoms with Crippen LogP contribution in [0.1, 0.15) is 0 Å². The molecule has 4 heteroatoms. The summed E-state index contributed by atoms with van der Waals surface area (Å²) >= 11 is 3.76.